The van der Waals surface area contributed by atoms with Crippen LogP contribution in [-0.2, 0) is 0 Å². The summed E-state index contributed by atoms with van der Waals surface area (Å²) in [6.45, 7) is 0. The monoisotopic (exact) mass is 247 g/mol. The van der Waals surface area contributed by atoms with Gasteiger partial charge in [0.15, 0.2) is 0 Å². The quantitative estimate of drug-likeness (QED) is 0.899. The number of aromatic carboxylic acids is 1. The van der Waals surface area contributed by atoms with Crippen LogP contribution >= 0.6 is 0 Å². The van der Waals surface area contributed by atoms with Crippen LogP contribution in [0.15, 0.2) is 36.7 Å². The zero-order valence-electron chi connectivity index (χ0n) is 9.54. The molecule has 0 spiro atoms. The van der Waals surface area contributed by atoms with Crippen molar-refractivity contribution in [1.82, 2.24) is 9.97 Å². The zero-order chi connectivity index (χ0) is 13.1. The molecule has 0 aliphatic carbocycles. The number of aromatic nitrogens is 2. The van der Waals surface area contributed by atoms with Crippen molar-refractivity contribution in [3.63, 3.8) is 0 Å². The van der Waals surface area contributed by atoms with Gasteiger partial charge in [-0.2, -0.15) is 0 Å². The first kappa shape index (κ1) is 12.0. The molecule has 2 aromatic rings. The number of hydrogen-bond acceptors (Lipinski definition) is 4. The fraction of sp³-hybridized carbons (Fsp3) is 0.0833. The molecule has 0 saturated carbocycles. The number of carbonyl (C=O) groups is 1. The van der Waals surface area contributed by atoms with Gasteiger partial charge in [0.2, 0.25) is 5.95 Å². The van der Waals surface area contributed by atoms with Gasteiger partial charge in [-0.1, -0.05) is 6.07 Å². The predicted octanol–water partition coefficient (Wildman–Crippen LogP) is 2.08. The van der Waals surface area contributed by atoms with Crippen molar-refractivity contribution in [2.75, 3.05) is 11.9 Å². The van der Waals surface area contributed by atoms with E-state index in [1.807, 2.05) is 0 Å². The van der Waals surface area contributed by atoms with E-state index in [1.165, 1.54) is 24.5 Å². The SMILES string of the molecule is CN(c1cccc(F)c1)c1ncc(C(=O)O)cn1. The van der Waals surface area contributed by atoms with Gasteiger partial charge in [0, 0.05) is 25.1 Å². The standard InChI is InChI=1S/C12H10FN3O2/c1-16(10-4-2-3-9(13)5-10)12-14-6-8(7-15-12)11(17)18/h2-7H,1H3,(H,17,18). The Bertz CT molecular complexity index is 572. The molecular weight excluding hydrogens is 237 g/mol. The van der Waals surface area contributed by atoms with Gasteiger partial charge in [-0.15, -0.1) is 0 Å². The van der Waals surface area contributed by atoms with E-state index in [4.69, 9.17) is 5.11 Å². The third-order valence-electron chi connectivity index (χ3n) is 2.38. The first-order chi connectivity index (χ1) is 8.58. The summed E-state index contributed by atoms with van der Waals surface area (Å²) in [5.74, 6) is -1.15. The van der Waals surface area contributed by atoms with Gasteiger partial charge >= 0.3 is 5.97 Å². The molecule has 5 nitrogen and oxygen atoms in total. The summed E-state index contributed by atoms with van der Waals surface area (Å²) >= 11 is 0. The highest BCUT2D eigenvalue weighted by molar-refractivity contribution is 5.86. The molecule has 1 aromatic carbocycles. The maximum absolute atomic E-state index is 13.1. The number of carboxylic acid groups (broad SMARTS) is 1. The van der Waals surface area contributed by atoms with Gasteiger partial charge in [0.25, 0.3) is 0 Å². The largest absolute Gasteiger partial charge is 0.478 e. The van der Waals surface area contributed by atoms with Crippen LogP contribution in [0.1, 0.15) is 10.4 Å². The third-order valence-corrected chi connectivity index (χ3v) is 2.38. The Balaban J connectivity index is 2.28. The van der Waals surface area contributed by atoms with E-state index in [0.29, 0.717) is 11.6 Å². The third kappa shape index (κ3) is 2.42. The van der Waals surface area contributed by atoms with Crippen LogP contribution in [-0.4, -0.2) is 28.1 Å². The lowest BCUT2D eigenvalue weighted by Crippen LogP contribution is -2.13. The van der Waals surface area contributed by atoms with Gasteiger partial charge < -0.3 is 10.0 Å². The van der Waals surface area contributed by atoms with Gasteiger partial charge in [-0.25, -0.2) is 19.2 Å². The minimum atomic E-state index is -1.09. The van der Waals surface area contributed by atoms with Crippen molar-refractivity contribution in [3.05, 3.63) is 48.0 Å². The molecule has 0 radical (unpaired) electrons. The lowest BCUT2D eigenvalue weighted by atomic mass is 10.3. The number of anilines is 2. The topological polar surface area (TPSA) is 66.3 Å². The van der Waals surface area contributed by atoms with Crippen LogP contribution in [0, 0.1) is 5.82 Å². The van der Waals surface area contributed by atoms with Crippen LogP contribution in [0.5, 0.6) is 0 Å². The van der Waals surface area contributed by atoms with Gasteiger partial charge in [-0.05, 0) is 18.2 Å². The molecule has 92 valence electrons. The van der Waals surface area contributed by atoms with Crippen LogP contribution in [0.2, 0.25) is 0 Å². The van der Waals surface area contributed by atoms with E-state index in [1.54, 1.807) is 24.1 Å². The number of nitrogens with zero attached hydrogens (tertiary/aromatic N) is 3. The fourth-order valence-electron chi connectivity index (χ4n) is 1.41. The van der Waals surface area contributed by atoms with E-state index in [-0.39, 0.29) is 11.4 Å². The summed E-state index contributed by atoms with van der Waals surface area (Å²) in [5.41, 5.74) is 0.587. The Morgan fingerprint density at radius 1 is 1.33 bits per heavy atom. The van der Waals surface area contributed by atoms with Crippen LogP contribution in [0.4, 0.5) is 16.0 Å². The highest BCUT2D eigenvalue weighted by Gasteiger charge is 2.09. The molecule has 0 atom stereocenters. The molecule has 0 unspecified atom stereocenters. The van der Waals surface area contributed by atoms with E-state index in [9.17, 15) is 9.18 Å². The normalized spacial score (nSPS) is 10.1. The molecule has 0 amide bonds. The molecule has 2 rings (SSSR count). The molecular formula is C12H10FN3O2. The predicted molar refractivity (Wildman–Crippen MR) is 63.5 cm³/mol. The Morgan fingerprint density at radius 2 is 2.00 bits per heavy atom. The number of halogens is 1. The zero-order valence-corrected chi connectivity index (χ0v) is 9.54. The molecule has 6 heteroatoms. The molecule has 1 N–H and O–H groups in total. The van der Waals surface area contributed by atoms with Crippen LogP contribution in [0.3, 0.4) is 0 Å². The Labute approximate surface area is 103 Å². The Kier molecular flexibility index (Phi) is 3.18. The van der Waals surface area contributed by atoms with E-state index < -0.39 is 5.97 Å². The van der Waals surface area contributed by atoms with Crippen molar-refractivity contribution in [1.29, 1.82) is 0 Å². The van der Waals surface area contributed by atoms with Gasteiger partial charge in [0.05, 0.1) is 5.56 Å². The number of rotatable bonds is 3. The average molecular weight is 247 g/mol. The molecule has 0 fully saturated rings. The van der Waals surface area contributed by atoms with E-state index in [2.05, 4.69) is 9.97 Å². The first-order valence-electron chi connectivity index (χ1n) is 5.12. The summed E-state index contributed by atoms with van der Waals surface area (Å²) in [5, 5.41) is 8.72. The summed E-state index contributed by atoms with van der Waals surface area (Å²) < 4.78 is 13.1. The highest BCUT2D eigenvalue weighted by Crippen LogP contribution is 2.20. The summed E-state index contributed by atoms with van der Waals surface area (Å²) in [4.78, 5) is 20.1. The van der Waals surface area contributed by atoms with E-state index >= 15 is 0 Å². The minimum Gasteiger partial charge on any atom is -0.478 e. The Morgan fingerprint density at radius 3 is 2.56 bits per heavy atom. The summed E-state index contributed by atoms with van der Waals surface area (Å²) in [6.07, 6.45) is 2.42. The van der Waals surface area contributed by atoms with Crippen molar-refractivity contribution >= 4 is 17.6 Å². The van der Waals surface area contributed by atoms with Crippen molar-refractivity contribution < 1.29 is 14.3 Å². The second-order valence-electron chi connectivity index (χ2n) is 3.62. The summed E-state index contributed by atoms with van der Waals surface area (Å²) in [7, 11) is 1.67. The molecule has 0 aliphatic heterocycles. The molecule has 0 bridgehead atoms. The van der Waals surface area contributed by atoms with Crippen molar-refractivity contribution in [2.45, 2.75) is 0 Å². The van der Waals surface area contributed by atoms with Crippen molar-refractivity contribution in [3.8, 4) is 0 Å². The van der Waals surface area contributed by atoms with Gasteiger partial charge in [0.1, 0.15) is 5.82 Å². The second kappa shape index (κ2) is 4.79. The first-order valence-corrected chi connectivity index (χ1v) is 5.12. The molecule has 18 heavy (non-hydrogen) atoms. The molecule has 1 aromatic heterocycles. The average Bonchev–Trinajstić information content (AvgIpc) is 2.38. The smallest absolute Gasteiger partial charge is 0.338 e. The second-order valence-corrected chi connectivity index (χ2v) is 3.62. The molecule has 0 aliphatic rings. The maximum Gasteiger partial charge on any atom is 0.338 e. The summed E-state index contributed by atoms with van der Waals surface area (Å²) in [6, 6.07) is 5.96. The fourth-order valence-corrected chi connectivity index (χ4v) is 1.41. The molecule has 0 saturated heterocycles. The van der Waals surface area contributed by atoms with Crippen LogP contribution < -0.4 is 4.90 Å². The lowest BCUT2D eigenvalue weighted by Gasteiger charge is -2.16. The van der Waals surface area contributed by atoms with Crippen LogP contribution in [0.25, 0.3) is 0 Å². The number of benzene rings is 1. The van der Waals surface area contributed by atoms with Gasteiger partial charge in [-0.3, -0.25) is 0 Å². The minimum absolute atomic E-state index is 0.00592. The lowest BCUT2D eigenvalue weighted by molar-refractivity contribution is 0.0696. The number of carboxylic acids is 1. The van der Waals surface area contributed by atoms with Crippen molar-refractivity contribution in [2.24, 2.45) is 0 Å². The highest BCUT2D eigenvalue weighted by atomic mass is 19.1. The maximum atomic E-state index is 13.1. The van der Waals surface area contributed by atoms with E-state index in [0.717, 1.165) is 0 Å². The molecule has 1 heterocycles. The number of hydrogen-bond donors (Lipinski definition) is 1. The Hall–Kier alpha value is -2.50.